The van der Waals surface area contributed by atoms with Gasteiger partial charge in [-0.05, 0) is 55.1 Å². The van der Waals surface area contributed by atoms with Gasteiger partial charge in [-0.15, -0.1) is 6.42 Å². The fourth-order valence-electron chi connectivity index (χ4n) is 5.25. The molecule has 0 unspecified atom stereocenters. The summed E-state index contributed by atoms with van der Waals surface area (Å²) in [6.45, 7) is 6.75. The first kappa shape index (κ1) is 30.5. The SMILES string of the molecule is C#CC(=O)N[C@H]1C[C@@H](C(=O)N[C@@H]2CCCc3ccccc32)N(C(=O)[C@@H](NC(=O)[C@H](C)N(C)C(=O)O)C(C)(C)C)C1. The summed E-state index contributed by atoms with van der Waals surface area (Å²) in [5, 5.41) is 17.8. The molecule has 4 N–H and O–H groups in total. The maximum absolute atomic E-state index is 14.0. The van der Waals surface area contributed by atoms with E-state index in [9.17, 15) is 29.1 Å². The number of likely N-dealkylation sites (N-methyl/N-ethyl adjacent to an activating group) is 1. The first-order valence-corrected chi connectivity index (χ1v) is 13.5. The van der Waals surface area contributed by atoms with Gasteiger partial charge in [-0.2, -0.15) is 0 Å². The molecule has 1 saturated heterocycles. The number of terminal acetylenes is 1. The molecule has 5 amide bonds. The van der Waals surface area contributed by atoms with E-state index in [1.54, 1.807) is 20.8 Å². The van der Waals surface area contributed by atoms with Crippen molar-refractivity contribution < 1.29 is 29.1 Å². The van der Waals surface area contributed by atoms with Crippen LogP contribution in [0.5, 0.6) is 0 Å². The lowest BCUT2D eigenvalue weighted by molar-refractivity contribution is -0.144. The van der Waals surface area contributed by atoms with Gasteiger partial charge in [0.25, 0.3) is 5.91 Å². The number of rotatable bonds is 7. The molecule has 40 heavy (non-hydrogen) atoms. The maximum atomic E-state index is 14.0. The van der Waals surface area contributed by atoms with Gasteiger partial charge in [0.05, 0.1) is 6.04 Å². The van der Waals surface area contributed by atoms with Crippen LogP contribution in [0.2, 0.25) is 0 Å². The highest BCUT2D eigenvalue weighted by molar-refractivity contribution is 5.96. The van der Waals surface area contributed by atoms with Crippen molar-refractivity contribution >= 4 is 29.7 Å². The number of nitrogens with one attached hydrogen (secondary N) is 3. The number of carbonyl (C=O) groups is 5. The fraction of sp³-hybridized carbons (Fsp3) is 0.552. The van der Waals surface area contributed by atoms with E-state index >= 15 is 0 Å². The molecule has 1 heterocycles. The number of carbonyl (C=O) groups excluding carboxylic acids is 4. The van der Waals surface area contributed by atoms with Crippen molar-refractivity contribution in [3.8, 4) is 12.3 Å². The van der Waals surface area contributed by atoms with E-state index in [-0.39, 0.29) is 24.9 Å². The Balaban J connectivity index is 1.87. The Morgan fingerprint density at radius 2 is 1.82 bits per heavy atom. The van der Waals surface area contributed by atoms with Crippen LogP contribution in [0.3, 0.4) is 0 Å². The number of hydrogen-bond acceptors (Lipinski definition) is 5. The summed E-state index contributed by atoms with van der Waals surface area (Å²) < 4.78 is 0. The summed E-state index contributed by atoms with van der Waals surface area (Å²) in [6, 6.07) is 4.13. The van der Waals surface area contributed by atoms with E-state index in [1.807, 2.05) is 30.2 Å². The fourth-order valence-corrected chi connectivity index (χ4v) is 5.25. The summed E-state index contributed by atoms with van der Waals surface area (Å²) in [7, 11) is 1.27. The van der Waals surface area contributed by atoms with Crippen LogP contribution in [0, 0.1) is 17.8 Å². The van der Waals surface area contributed by atoms with Crippen molar-refractivity contribution in [2.24, 2.45) is 5.41 Å². The summed E-state index contributed by atoms with van der Waals surface area (Å²) >= 11 is 0. The van der Waals surface area contributed by atoms with Crippen LogP contribution in [0.1, 0.15) is 64.1 Å². The summed E-state index contributed by atoms with van der Waals surface area (Å²) in [6.07, 6.45) is 6.70. The standard InChI is InChI=1S/C29H39N5O6/c1-7-23(35)30-19-15-22(26(37)31-21-14-10-12-18-11-8-9-13-20(18)21)34(16-19)27(38)24(29(3,4)5)32-25(36)17(2)33(6)28(39)40/h1,8-9,11,13,17,19,21-22,24H,10,12,14-16H2,2-6H3,(H,30,35)(H,31,37)(H,32,36)(H,39,40)/t17-,19-,21+,22-,24+/m0/s1. The van der Waals surface area contributed by atoms with Gasteiger partial charge in [0.15, 0.2) is 0 Å². The minimum Gasteiger partial charge on any atom is -0.465 e. The summed E-state index contributed by atoms with van der Waals surface area (Å²) in [5.41, 5.74) is 1.44. The smallest absolute Gasteiger partial charge is 0.407 e. The van der Waals surface area contributed by atoms with Gasteiger partial charge >= 0.3 is 6.09 Å². The van der Waals surface area contributed by atoms with Gasteiger partial charge in [-0.1, -0.05) is 45.0 Å². The van der Waals surface area contributed by atoms with Gasteiger partial charge in [-0.25, -0.2) is 4.79 Å². The molecule has 1 aromatic rings. The van der Waals surface area contributed by atoms with Crippen molar-refractivity contribution in [2.75, 3.05) is 13.6 Å². The first-order valence-electron chi connectivity index (χ1n) is 13.5. The summed E-state index contributed by atoms with van der Waals surface area (Å²) in [4.78, 5) is 66.2. The maximum Gasteiger partial charge on any atom is 0.407 e. The topological polar surface area (TPSA) is 148 Å². The van der Waals surface area contributed by atoms with Crippen LogP contribution in [0.25, 0.3) is 0 Å². The molecule has 11 heteroatoms. The van der Waals surface area contributed by atoms with Crippen molar-refractivity contribution in [3.05, 3.63) is 35.4 Å². The van der Waals surface area contributed by atoms with Crippen molar-refractivity contribution in [2.45, 2.75) is 83.6 Å². The Morgan fingerprint density at radius 3 is 2.45 bits per heavy atom. The molecule has 0 aromatic heterocycles. The largest absolute Gasteiger partial charge is 0.465 e. The van der Waals surface area contributed by atoms with Crippen LogP contribution < -0.4 is 16.0 Å². The molecule has 1 aromatic carbocycles. The zero-order chi connectivity index (χ0) is 29.8. The van der Waals surface area contributed by atoms with Gasteiger partial charge in [0.2, 0.25) is 17.7 Å². The molecule has 216 valence electrons. The van der Waals surface area contributed by atoms with E-state index in [1.165, 1.54) is 24.4 Å². The molecule has 0 bridgehead atoms. The van der Waals surface area contributed by atoms with E-state index in [2.05, 4.69) is 16.0 Å². The lowest BCUT2D eigenvalue weighted by Crippen LogP contribution is -2.60. The molecular weight excluding hydrogens is 514 g/mol. The number of amides is 5. The second-order valence-electron chi connectivity index (χ2n) is 11.6. The van der Waals surface area contributed by atoms with Gasteiger partial charge < -0.3 is 26.0 Å². The van der Waals surface area contributed by atoms with Crippen molar-refractivity contribution in [1.29, 1.82) is 0 Å². The quantitative estimate of drug-likeness (QED) is 0.376. The second-order valence-corrected chi connectivity index (χ2v) is 11.6. The second kappa shape index (κ2) is 12.4. The third-order valence-corrected chi connectivity index (χ3v) is 7.70. The van der Waals surface area contributed by atoms with Crippen LogP contribution in [0.15, 0.2) is 24.3 Å². The molecule has 0 saturated carbocycles. The Kier molecular flexibility index (Phi) is 9.45. The predicted molar refractivity (Wildman–Crippen MR) is 148 cm³/mol. The molecule has 0 radical (unpaired) electrons. The number of fused-ring (bicyclic) bond motifs is 1. The van der Waals surface area contributed by atoms with Gasteiger partial charge in [0.1, 0.15) is 18.1 Å². The molecule has 11 nitrogen and oxygen atoms in total. The minimum absolute atomic E-state index is 0.0264. The highest BCUT2D eigenvalue weighted by Crippen LogP contribution is 2.31. The van der Waals surface area contributed by atoms with Crippen LogP contribution in [0.4, 0.5) is 4.79 Å². The van der Waals surface area contributed by atoms with Crippen molar-refractivity contribution in [1.82, 2.24) is 25.8 Å². The number of aryl methyl sites for hydroxylation is 1. The zero-order valence-corrected chi connectivity index (χ0v) is 23.7. The number of benzene rings is 1. The van der Waals surface area contributed by atoms with Gasteiger partial charge in [-0.3, -0.25) is 24.1 Å². The van der Waals surface area contributed by atoms with E-state index in [4.69, 9.17) is 6.42 Å². The van der Waals surface area contributed by atoms with Gasteiger partial charge in [0, 0.05) is 19.6 Å². The molecule has 1 fully saturated rings. The number of hydrogen-bond donors (Lipinski definition) is 4. The molecule has 3 rings (SSSR count). The van der Waals surface area contributed by atoms with Crippen molar-refractivity contribution in [3.63, 3.8) is 0 Å². The molecular formula is C29H39N5O6. The van der Waals surface area contributed by atoms with Crippen LogP contribution in [-0.4, -0.2) is 82.4 Å². The molecule has 2 aliphatic rings. The molecule has 5 atom stereocenters. The minimum atomic E-state index is -1.28. The number of likely N-dealkylation sites (tertiary alicyclic amines) is 1. The Hall–Kier alpha value is -4.07. The third kappa shape index (κ3) is 6.92. The average molecular weight is 554 g/mol. The molecule has 0 spiro atoms. The third-order valence-electron chi connectivity index (χ3n) is 7.70. The average Bonchev–Trinajstić information content (AvgIpc) is 3.33. The van der Waals surface area contributed by atoms with Crippen LogP contribution >= 0.6 is 0 Å². The monoisotopic (exact) mass is 553 g/mol. The lowest BCUT2D eigenvalue weighted by Gasteiger charge is -2.37. The van der Waals surface area contributed by atoms with Crippen LogP contribution in [-0.2, 0) is 25.6 Å². The Labute approximate surface area is 235 Å². The highest BCUT2D eigenvalue weighted by Gasteiger charge is 2.46. The Morgan fingerprint density at radius 1 is 1.15 bits per heavy atom. The Bertz CT molecular complexity index is 1200. The molecule has 1 aliphatic heterocycles. The highest BCUT2D eigenvalue weighted by atomic mass is 16.4. The number of nitrogens with zero attached hydrogens (tertiary/aromatic N) is 2. The zero-order valence-electron chi connectivity index (χ0n) is 23.7. The van der Waals surface area contributed by atoms with E-state index < -0.39 is 53.4 Å². The van der Waals surface area contributed by atoms with E-state index in [0.29, 0.717) is 0 Å². The first-order chi connectivity index (χ1) is 18.7. The predicted octanol–water partition coefficient (Wildman–Crippen LogP) is 1.43. The summed E-state index contributed by atoms with van der Waals surface area (Å²) in [5.74, 6) is -0.156. The lowest BCUT2D eigenvalue weighted by atomic mass is 9.85. The van der Waals surface area contributed by atoms with E-state index in [0.717, 1.165) is 29.7 Å². The normalized spacial score (nSPS) is 21.7. The molecule has 1 aliphatic carbocycles. The number of carboxylic acid groups (broad SMARTS) is 1.